The fraction of sp³-hybridized carbons (Fsp3) is 0.360. The lowest BCUT2D eigenvalue weighted by atomic mass is 10.0. The quantitative estimate of drug-likeness (QED) is 0.612. The van der Waals surface area contributed by atoms with Crippen molar-refractivity contribution in [3.05, 3.63) is 71.8 Å². The molecule has 0 aliphatic carbocycles. The molecular formula is C25H30N2O3. The average Bonchev–Trinajstić information content (AvgIpc) is 2.82. The summed E-state index contributed by atoms with van der Waals surface area (Å²) in [5.41, 5.74) is 2.49. The molecule has 1 aliphatic heterocycles. The smallest absolute Gasteiger partial charge is 0.123 e. The van der Waals surface area contributed by atoms with Crippen molar-refractivity contribution in [1.29, 1.82) is 0 Å². The van der Waals surface area contributed by atoms with E-state index in [-0.39, 0.29) is 6.04 Å². The van der Waals surface area contributed by atoms with Crippen LogP contribution in [0.3, 0.4) is 0 Å². The summed E-state index contributed by atoms with van der Waals surface area (Å²) < 4.78 is 16.6. The molecule has 4 rings (SSSR count). The zero-order chi connectivity index (χ0) is 20.8. The fourth-order valence-corrected chi connectivity index (χ4v) is 4.20. The number of ether oxygens (including phenoxy) is 3. The second kappa shape index (κ2) is 9.94. The topological polar surface area (TPSA) is 43.0 Å². The van der Waals surface area contributed by atoms with Gasteiger partial charge in [-0.25, -0.2) is 0 Å². The highest BCUT2D eigenvalue weighted by atomic mass is 16.5. The fourth-order valence-electron chi connectivity index (χ4n) is 4.20. The number of benzene rings is 3. The lowest BCUT2D eigenvalue weighted by Crippen LogP contribution is -2.42. The number of rotatable bonds is 8. The molecule has 0 aromatic heterocycles. The standard InChI is InChI=1S/C25H30N2O3/c1-28-21-10-7-20(8-11-21)24(27-13-15-30-16-14-27)18-26-17-23-22-6-4-3-5-19(22)9-12-25(23)29-2/h3-12,24,26H,13-18H2,1-2H3/t24-/m0/s1. The Morgan fingerprint density at radius 2 is 1.70 bits per heavy atom. The number of hydrogen-bond acceptors (Lipinski definition) is 5. The Bertz CT molecular complexity index is 952. The molecule has 0 bridgehead atoms. The summed E-state index contributed by atoms with van der Waals surface area (Å²) in [7, 11) is 3.44. The molecule has 1 saturated heterocycles. The lowest BCUT2D eigenvalue weighted by Gasteiger charge is -2.35. The summed E-state index contributed by atoms with van der Waals surface area (Å²) in [5.74, 6) is 1.81. The second-order valence-corrected chi connectivity index (χ2v) is 7.54. The summed E-state index contributed by atoms with van der Waals surface area (Å²) in [5, 5.41) is 6.16. The molecular weight excluding hydrogens is 376 g/mol. The zero-order valence-electron chi connectivity index (χ0n) is 17.8. The second-order valence-electron chi connectivity index (χ2n) is 7.54. The largest absolute Gasteiger partial charge is 0.497 e. The first-order chi connectivity index (χ1) is 14.8. The van der Waals surface area contributed by atoms with E-state index < -0.39 is 0 Å². The van der Waals surface area contributed by atoms with Crippen LogP contribution in [0.2, 0.25) is 0 Å². The van der Waals surface area contributed by atoms with Crippen LogP contribution in [0.15, 0.2) is 60.7 Å². The molecule has 1 fully saturated rings. The highest BCUT2D eigenvalue weighted by molar-refractivity contribution is 5.87. The number of nitrogens with zero attached hydrogens (tertiary/aromatic N) is 1. The lowest BCUT2D eigenvalue weighted by molar-refractivity contribution is 0.0161. The highest BCUT2D eigenvalue weighted by Crippen LogP contribution is 2.29. The van der Waals surface area contributed by atoms with Crippen molar-refractivity contribution in [3.63, 3.8) is 0 Å². The molecule has 3 aromatic carbocycles. The van der Waals surface area contributed by atoms with Gasteiger partial charge >= 0.3 is 0 Å². The molecule has 0 spiro atoms. The van der Waals surface area contributed by atoms with E-state index in [2.05, 4.69) is 58.7 Å². The van der Waals surface area contributed by atoms with Crippen LogP contribution >= 0.6 is 0 Å². The molecule has 158 valence electrons. The summed E-state index contributed by atoms with van der Waals surface area (Å²) in [6.45, 7) is 5.04. The Balaban J connectivity index is 1.53. The van der Waals surface area contributed by atoms with Gasteiger partial charge in [-0.2, -0.15) is 0 Å². The van der Waals surface area contributed by atoms with Gasteiger partial charge in [0.05, 0.1) is 27.4 Å². The van der Waals surface area contributed by atoms with E-state index in [4.69, 9.17) is 14.2 Å². The van der Waals surface area contributed by atoms with E-state index in [9.17, 15) is 0 Å². The van der Waals surface area contributed by atoms with Gasteiger partial charge in [-0.3, -0.25) is 4.90 Å². The van der Waals surface area contributed by atoms with Gasteiger partial charge in [0, 0.05) is 37.8 Å². The molecule has 1 aliphatic rings. The van der Waals surface area contributed by atoms with Gasteiger partial charge in [0.2, 0.25) is 0 Å². The van der Waals surface area contributed by atoms with E-state index in [1.165, 1.54) is 21.9 Å². The van der Waals surface area contributed by atoms with Gasteiger partial charge in [-0.15, -0.1) is 0 Å². The average molecular weight is 407 g/mol. The molecule has 0 amide bonds. The third kappa shape index (κ3) is 4.59. The molecule has 0 radical (unpaired) electrons. The van der Waals surface area contributed by atoms with Gasteiger partial charge in [0.15, 0.2) is 0 Å². The summed E-state index contributed by atoms with van der Waals surface area (Å²) in [6, 6.07) is 21.3. The number of methoxy groups -OCH3 is 2. The Labute approximate surface area is 178 Å². The van der Waals surface area contributed by atoms with Gasteiger partial charge in [0.25, 0.3) is 0 Å². The maximum Gasteiger partial charge on any atom is 0.123 e. The van der Waals surface area contributed by atoms with E-state index >= 15 is 0 Å². The zero-order valence-corrected chi connectivity index (χ0v) is 17.8. The minimum absolute atomic E-state index is 0.278. The van der Waals surface area contributed by atoms with Crippen molar-refractivity contribution in [2.45, 2.75) is 12.6 Å². The third-order valence-corrected chi connectivity index (χ3v) is 5.84. The van der Waals surface area contributed by atoms with Crippen LogP contribution in [0, 0.1) is 0 Å². The van der Waals surface area contributed by atoms with Crippen LogP contribution in [-0.4, -0.2) is 52.0 Å². The molecule has 1 heterocycles. The summed E-state index contributed by atoms with van der Waals surface area (Å²) in [6.07, 6.45) is 0. The number of hydrogen-bond donors (Lipinski definition) is 1. The predicted molar refractivity (Wildman–Crippen MR) is 120 cm³/mol. The van der Waals surface area contributed by atoms with E-state index in [0.717, 1.165) is 50.9 Å². The maximum absolute atomic E-state index is 5.66. The van der Waals surface area contributed by atoms with E-state index in [0.29, 0.717) is 0 Å². The van der Waals surface area contributed by atoms with Gasteiger partial charge in [0.1, 0.15) is 11.5 Å². The minimum Gasteiger partial charge on any atom is -0.497 e. The Morgan fingerprint density at radius 3 is 2.43 bits per heavy atom. The summed E-state index contributed by atoms with van der Waals surface area (Å²) in [4.78, 5) is 2.50. The van der Waals surface area contributed by atoms with Crippen molar-refractivity contribution in [3.8, 4) is 11.5 Å². The van der Waals surface area contributed by atoms with E-state index in [1.54, 1.807) is 14.2 Å². The van der Waals surface area contributed by atoms with Gasteiger partial charge in [-0.1, -0.05) is 42.5 Å². The molecule has 1 atom stereocenters. The van der Waals surface area contributed by atoms with Crippen molar-refractivity contribution < 1.29 is 14.2 Å². The van der Waals surface area contributed by atoms with Crippen molar-refractivity contribution in [2.75, 3.05) is 47.1 Å². The van der Waals surface area contributed by atoms with Crippen molar-refractivity contribution in [2.24, 2.45) is 0 Å². The monoisotopic (exact) mass is 406 g/mol. The molecule has 0 unspecified atom stereocenters. The van der Waals surface area contributed by atoms with Crippen molar-refractivity contribution >= 4 is 10.8 Å². The first kappa shape index (κ1) is 20.7. The van der Waals surface area contributed by atoms with Crippen LogP contribution in [0.1, 0.15) is 17.2 Å². The molecule has 30 heavy (non-hydrogen) atoms. The molecule has 5 nitrogen and oxygen atoms in total. The highest BCUT2D eigenvalue weighted by Gasteiger charge is 2.22. The predicted octanol–water partition coefficient (Wildman–Crippen LogP) is 4.02. The van der Waals surface area contributed by atoms with Gasteiger partial charge in [-0.05, 0) is 34.5 Å². The first-order valence-corrected chi connectivity index (χ1v) is 10.5. The third-order valence-electron chi connectivity index (χ3n) is 5.84. The Morgan fingerprint density at radius 1 is 0.933 bits per heavy atom. The van der Waals surface area contributed by atoms with Crippen molar-refractivity contribution in [1.82, 2.24) is 10.2 Å². The van der Waals surface area contributed by atoms with Crippen LogP contribution < -0.4 is 14.8 Å². The number of nitrogens with one attached hydrogen (secondary N) is 1. The maximum atomic E-state index is 5.66. The molecule has 3 aromatic rings. The Kier molecular flexibility index (Phi) is 6.84. The van der Waals surface area contributed by atoms with Gasteiger partial charge < -0.3 is 19.5 Å². The minimum atomic E-state index is 0.278. The van der Waals surface area contributed by atoms with Crippen LogP contribution in [0.5, 0.6) is 11.5 Å². The normalized spacial score (nSPS) is 15.8. The SMILES string of the molecule is COc1ccc([C@H](CNCc2c(OC)ccc3ccccc23)N2CCOCC2)cc1. The van der Waals surface area contributed by atoms with Crippen LogP contribution in [0.25, 0.3) is 10.8 Å². The molecule has 0 saturated carbocycles. The number of morpholine rings is 1. The first-order valence-electron chi connectivity index (χ1n) is 10.5. The summed E-state index contributed by atoms with van der Waals surface area (Å²) >= 11 is 0. The molecule has 1 N–H and O–H groups in total. The van der Waals surface area contributed by atoms with Crippen LogP contribution in [0.4, 0.5) is 0 Å². The number of fused-ring (bicyclic) bond motifs is 1. The van der Waals surface area contributed by atoms with E-state index in [1.807, 2.05) is 12.1 Å². The van der Waals surface area contributed by atoms with Crippen LogP contribution in [-0.2, 0) is 11.3 Å². The molecule has 5 heteroatoms. The Hall–Kier alpha value is -2.60.